The van der Waals surface area contributed by atoms with E-state index < -0.39 is 53.2 Å². The summed E-state index contributed by atoms with van der Waals surface area (Å²) in [5.74, 6) is -6.67. The number of rotatable bonds is 6. The molecule has 0 spiro atoms. The number of nitriles is 1. The molecule has 1 heterocycles. The Morgan fingerprint density at radius 3 is 2.15 bits per heavy atom. The summed E-state index contributed by atoms with van der Waals surface area (Å²) >= 11 is 12.0. The molecule has 1 saturated heterocycles. The van der Waals surface area contributed by atoms with Crippen LogP contribution in [0, 0.1) is 34.3 Å². The second kappa shape index (κ2) is 12.3. The lowest BCUT2D eigenvalue weighted by molar-refractivity contribution is -0.192. The molecule has 0 bridgehead atoms. The van der Waals surface area contributed by atoms with Crippen LogP contribution in [0.25, 0.3) is 0 Å². The molecule has 3 N–H and O–H groups in total. The zero-order valence-electron chi connectivity index (χ0n) is 21.8. The summed E-state index contributed by atoms with van der Waals surface area (Å²) < 4.78 is 62.4. The topological polar surface area (TPSA) is 110 Å². The number of benzene rings is 2. The smallest absolute Gasteiger partial charge is 0.480 e. The van der Waals surface area contributed by atoms with Crippen LogP contribution in [0.1, 0.15) is 51.2 Å². The third kappa shape index (κ3) is 6.67. The maximum atomic E-state index is 15.4. The molecular formula is C27H27Cl2F5N2O4. The lowest BCUT2D eigenvalue weighted by Gasteiger charge is -2.39. The number of halogens is 7. The van der Waals surface area contributed by atoms with Crippen LogP contribution in [0.5, 0.6) is 0 Å². The molecule has 0 amide bonds. The van der Waals surface area contributed by atoms with Gasteiger partial charge >= 0.3 is 18.1 Å². The second-order valence-electron chi connectivity index (χ2n) is 10.4. The molecule has 0 radical (unpaired) electrons. The fourth-order valence-electron chi connectivity index (χ4n) is 4.69. The van der Waals surface area contributed by atoms with E-state index in [0.717, 1.165) is 6.07 Å². The van der Waals surface area contributed by atoms with Gasteiger partial charge in [-0.2, -0.15) is 18.4 Å². The number of hydrogen-bond acceptors (Lipinski definition) is 4. The Kier molecular flexibility index (Phi) is 10.2. The van der Waals surface area contributed by atoms with Crippen molar-refractivity contribution in [2.45, 2.75) is 63.7 Å². The molecule has 0 saturated carbocycles. The predicted octanol–water partition coefficient (Wildman–Crippen LogP) is 6.95. The minimum atomic E-state index is -5.08. The van der Waals surface area contributed by atoms with Crippen molar-refractivity contribution in [3.05, 3.63) is 69.2 Å². The van der Waals surface area contributed by atoms with Crippen molar-refractivity contribution < 1.29 is 41.8 Å². The molecule has 0 unspecified atom stereocenters. The van der Waals surface area contributed by atoms with Gasteiger partial charge in [-0.1, -0.05) is 69.1 Å². The van der Waals surface area contributed by atoms with E-state index in [1.54, 1.807) is 0 Å². The van der Waals surface area contributed by atoms with Gasteiger partial charge in [0.15, 0.2) is 0 Å². The largest absolute Gasteiger partial charge is 0.490 e. The molecule has 3 rings (SSSR count). The Labute approximate surface area is 237 Å². The van der Waals surface area contributed by atoms with Crippen LogP contribution in [-0.2, 0) is 15.0 Å². The van der Waals surface area contributed by atoms with Crippen molar-refractivity contribution in [2.24, 2.45) is 11.3 Å². The molecule has 40 heavy (non-hydrogen) atoms. The van der Waals surface area contributed by atoms with Gasteiger partial charge in [0.1, 0.15) is 23.1 Å². The number of aliphatic carboxylic acids is 2. The van der Waals surface area contributed by atoms with E-state index in [1.165, 1.54) is 30.3 Å². The Bertz CT molecular complexity index is 1310. The quantitative estimate of drug-likeness (QED) is 0.306. The summed E-state index contributed by atoms with van der Waals surface area (Å²) in [4.78, 5) is 21.3. The summed E-state index contributed by atoms with van der Waals surface area (Å²) in [5, 5.41) is 30.8. The summed E-state index contributed by atoms with van der Waals surface area (Å²) in [6.45, 7) is 8.05. The van der Waals surface area contributed by atoms with E-state index in [0.29, 0.717) is 6.42 Å². The van der Waals surface area contributed by atoms with Crippen LogP contribution >= 0.6 is 23.2 Å². The molecule has 2 aromatic rings. The van der Waals surface area contributed by atoms with Crippen LogP contribution in [0.3, 0.4) is 0 Å². The minimum absolute atomic E-state index is 0.0282. The average Bonchev–Trinajstić information content (AvgIpc) is 3.14. The van der Waals surface area contributed by atoms with Crippen molar-refractivity contribution in [1.82, 2.24) is 5.32 Å². The van der Waals surface area contributed by atoms with Gasteiger partial charge < -0.3 is 10.2 Å². The van der Waals surface area contributed by atoms with Gasteiger partial charge in [0.2, 0.25) is 0 Å². The molecule has 1 aliphatic rings. The second-order valence-corrected chi connectivity index (χ2v) is 11.3. The fraction of sp³-hybridized carbons (Fsp3) is 0.444. The zero-order chi connectivity index (χ0) is 30.8. The molecule has 218 valence electrons. The normalized spacial score (nSPS) is 22.8. The number of hydrogen-bond donors (Lipinski definition) is 3. The van der Waals surface area contributed by atoms with Gasteiger partial charge in [-0.15, -0.1) is 0 Å². The summed E-state index contributed by atoms with van der Waals surface area (Å²) in [7, 11) is 0. The first-order valence-corrected chi connectivity index (χ1v) is 12.7. The fourth-order valence-corrected chi connectivity index (χ4v) is 5.03. The van der Waals surface area contributed by atoms with E-state index >= 15 is 8.78 Å². The Morgan fingerprint density at radius 1 is 1.12 bits per heavy atom. The number of carbonyl (C=O) groups is 2. The standard InChI is InChI=1S/C25H26Cl2F2N2O2.C2HF3O2/c1-13(2)24(3,4)11-19-25(12-30,16-9-8-14(26)10-18(16)28)20(22(31-19)23(32)33)15-6-5-7-17(27)21(15)29;3-2(4,5)1(6)7/h5-10,13,19-20,22,31H,11H2,1-4H3,(H,32,33);(H,6,7)/t19-,20-,22+,25-;/m0./s1. The van der Waals surface area contributed by atoms with E-state index in [2.05, 4.69) is 11.4 Å². The minimum Gasteiger partial charge on any atom is -0.480 e. The van der Waals surface area contributed by atoms with Crippen LogP contribution in [0.2, 0.25) is 10.0 Å². The maximum absolute atomic E-state index is 15.4. The number of carboxylic acids is 2. The van der Waals surface area contributed by atoms with Crippen molar-refractivity contribution in [1.29, 1.82) is 5.26 Å². The Balaban J connectivity index is 0.000000708. The molecular weight excluding hydrogens is 582 g/mol. The first-order chi connectivity index (χ1) is 18.3. The van der Waals surface area contributed by atoms with Crippen molar-refractivity contribution >= 4 is 35.1 Å². The Morgan fingerprint density at radius 2 is 1.70 bits per heavy atom. The number of nitrogens with one attached hydrogen (secondary N) is 1. The van der Waals surface area contributed by atoms with Gasteiger partial charge in [-0.05, 0) is 41.5 Å². The van der Waals surface area contributed by atoms with Gasteiger partial charge in [0.05, 0.1) is 11.1 Å². The molecule has 2 aromatic carbocycles. The van der Waals surface area contributed by atoms with Crippen molar-refractivity contribution in [3.8, 4) is 6.07 Å². The SMILES string of the molecule is CC(C)C(C)(C)C[C@@H]1N[C@@H](C(=O)O)[C@H](c2cccc(Cl)c2F)[C@@]1(C#N)c1ccc(Cl)cc1F.O=C(O)C(F)(F)F. The molecule has 0 aromatic heterocycles. The van der Waals surface area contributed by atoms with Crippen molar-refractivity contribution in [3.63, 3.8) is 0 Å². The summed E-state index contributed by atoms with van der Waals surface area (Å²) in [6, 6.07) is 8.24. The lowest BCUT2D eigenvalue weighted by Crippen LogP contribution is -2.46. The highest BCUT2D eigenvalue weighted by atomic mass is 35.5. The molecule has 1 aliphatic heterocycles. The van der Waals surface area contributed by atoms with Crippen LogP contribution in [-0.4, -0.2) is 40.4 Å². The molecule has 6 nitrogen and oxygen atoms in total. The molecule has 4 atom stereocenters. The molecule has 0 aliphatic carbocycles. The first-order valence-electron chi connectivity index (χ1n) is 11.9. The van der Waals surface area contributed by atoms with E-state index in [-0.39, 0.29) is 32.5 Å². The molecule has 13 heteroatoms. The third-order valence-corrected chi connectivity index (χ3v) is 7.96. The van der Waals surface area contributed by atoms with E-state index in [9.17, 15) is 28.3 Å². The highest BCUT2D eigenvalue weighted by Crippen LogP contribution is 2.53. The van der Waals surface area contributed by atoms with E-state index in [1.807, 2.05) is 27.7 Å². The summed E-state index contributed by atoms with van der Waals surface area (Å²) in [6.07, 6.45) is -4.73. The Hall–Kier alpha value is -2.94. The van der Waals surface area contributed by atoms with Gasteiger partial charge in [0, 0.05) is 22.5 Å². The van der Waals surface area contributed by atoms with Crippen molar-refractivity contribution in [2.75, 3.05) is 0 Å². The predicted molar refractivity (Wildman–Crippen MR) is 138 cm³/mol. The zero-order valence-corrected chi connectivity index (χ0v) is 23.3. The third-order valence-electron chi connectivity index (χ3n) is 7.43. The van der Waals surface area contributed by atoms with E-state index in [4.69, 9.17) is 33.1 Å². The van der Waals surface area contributed by atoms with Crippen LogP contribution < -0.4 is 5.32 Å². The monoisotopic (exact) mass is 608 g/mol. The molecule has 1 fully saturated rings. The number of carboxylic acid groups (broad SMARTS) is 2. The summed E-state index contributed by atoms with van der Waals surface area (Å²) in [5.41, 5.74) is -2.16. The number of alkyl halides is 3. The average molecular weight is 609 g/mol. The van der Waals surface area contributed by atoms with Gasteiger partial charge in [0.25, 0.3) is 0 Å². The lowest BCUT2D eigenvalue weighted by atomic mass is 9.61. The maximum Gasteiger partial charge on any atom is 0.490 e. The van der Waals surface area contributed by atoms with Crippen LogP contribution in [0.4, 0.5) is 22.0 Å². The van der Waals surface area contributed by atoms with Gasteiger partial charge in [-0.25, -0.2) is 13.6 Å². The highest BCUT2D eigenvalue weighted by Gasteiger charge is 2.61. The van der Waals surface area contributed by atoms with Crippen LogP contribution in [0.15, 0.2) is 36.4 Å². The highest BCUT2D eigenvalue weighted by molar-refractivity contribution is 6.31. The van der Waals surface area contributed by atoms with Gasteiger partial charge in [-0.3, -0.25) is 10.1 Å². The first kappa shape index (κ1) is 33.3. The number of nitrogens with zero attached hydrogens (tertiary/aromatic N) is 1.